The molecule has 0 aliphatic carbocycles. The Kier molecular flexibility index (Phi) is 12.8. The van der Waals surface area contributed by atoms with Gasteiger partial charge in [0.2, 0.25) is 23.6 Å². The van der Waals surface area contributed by atoms with Gasteiger partial charge in [-0.1, -0.05) is 110 Å². The number of imide groups is 2. The number of hydrogen-bond acceptors (Lipinski definition) is 10. The fraction of sp³-hybridized carbons (Fsp3) is 0.318. The predicted octanol–water partition coefficient (Wildman–Crippen LogP) is 7.00. The van der Waals surface area contributed by atoms with Crippen LogP contribution in [0.15, 0.2) is 84.9 Å². The van der Waals surface area contributed by atoms with Crippen LogP contribution in [-0.2, 0) is 58.0 Å². The second kappa shape index (κ2) is 18.3. The molecule has 0 aromatic heterocycles. The summed E-state index contributed by atoms with van der Waals surface area (Å²) in [7, 11) is 0. The maximum Gasteiger partial charge on any atom is 0.286 e. The Hall–Kier alpha value is -5.60. The van der Waals surface area contributed by atoms with Crippen LogP contribution >= 0.6 is 23.5 Å². The lowest BCUT2D eigenvalue weighted by molar-refractivity contribution is -0.119. The van der Waals surface area contributed by atoms with Gasteiger partial charge in [-0.05, 0) is 77.6 Å². The van der Waals surface area contributed by atoms with E-state index < -0.39 is 10.5 Å². The van der Waals surface area contributed by atoms with E-state index in [-0.39, 0.29) is 39.9 Å². The maximum atomic E-state index is 13.0. The van der Waals surface area contributed by atoms with Gasteiger partial charge in [0.25, 0.3) is 10.5 Å². The van der Waals surface area contributed by atoms with Gasteiger partial charge in [-0.2, -0.15) is 0 Å². The molecule has 58 heavy (non-hydrogen) atoms. The molecular formula is C44H44N4O8S2. The normalized spacial score (nSPS) is 18.6. The highest BCUT2D eigenvalue weighted by atomic mass is 32.2. The van der Waals surface area contributed by atoms with E-state index in [9.17, 15) is 33.9 Å². The monoisotopic (exact) mass is 820 g/mol. The minimum atomic E-state index is -0.480. The first-order chi connectivity index (χ1) is 28.1. The van der Waals surface area contributed by atoms with Crippen LogP contribution in [0.25, 0.3) is 0 Å². The van der Waals surface area contributed by atoms with Gasteiger partial charge in [0.1, 0.15) is 11.5 Å². The number of phenols is 1. The molecule has 4 aromatic rings. The number of nitrogens with one attached hydrogen (secondary N) is 2. The van der Waals surface area contributed by atoms with E-state index in [2.05, 4.69) is 17.6 Å². The van der Waals surface area contributed by atoms with E-state index in [0.717, 1.165) is 75.4 Å². The molecular weight excluding hydrogens is 777 g/mol. The molecule has 0 saturated carbocycles. The summed E-state index contributed by atoms with van der Waals surface area (Å²) in [5.74, 6) is 0.243. The Bertz CT molecular complexity index is 2240. The number of benzene rings is 4. The molecule has 4 aliphatic rings. The number of rotatable bonds is 12. The smallest absolute Gasteiger partial charge is 0.286 e. The first-order valence-corrected chi connectivity index (χ1v) is 21.2. The molecule has 3 N–H and O–H groups in total. The van der Waals surface area contributed by atoms with Crippen molar-refractivity contribution in [3.8, 4) is 11.5 Å². The molecule has 2 atom stereocenters. The molecule has 4 aliphatic heterocycles. The minimum absolute atomic E-state index is 0.0398. The van der Waals surface area contributed by atoms with Crippen molar-refractivity contribution >= 4 is 69.0 Å². The SMILES string of the molecule is CCCCOc1ccc(CC2SC(=O)NC2=O)c2c1N(Cc1ccccc1)C(=O)CC2.O=C1NC(=O)C(Cc2ccc(O)c3c2CCC(=O)N3Cc2ccccc2)S1. The van der Waals surface area contributed by atoms with E-state index in [1.807, 2.05) is 77.7 Å². The molecule has 2 unspecified atom stereocenters. The highest BCUT2D eigenvalue weighted by Crippen LogP contribution is 2.42. The van der Waals surface area contributed by atoms with Crippen molar-refractivity contribution in [2.75, 3.05) is 16.4 Å². The number of fused-ring (bicyclic) bond motifs is 2. The van der Waals surface area contributed by atoms with Crippen LogP contribution in [0.1, 0.15) is 66.0 Å². The fourth-order valence-electron chi connectivity index (χ4n) is 7.61. The van der Waals surface area contributed by atoms with Crippen LogP contribution in [0.5, 0.6) is 11.5 Å². The zero-order valence-electron chi connectivity index (χ0n) is 32.0. The van der Waals surface area contributed by atoms with Crippen LogP contribution in [-0.4, -0.2) is 56.3 Å². The van der Waals surface area contributed by atoms with Crippen molar-refractivity contribution in [3.63, 3.8) is 0 Å². The molecule has 14 heteroatoms. The zero-order chi connectivity index (χ0) is 40.8. The number of aromatic hydroxyl groups is 1. The van der Waals surface area contributed by atoms with Crippen molar-refractivity contribution in [1.29, 1.82) is 0 Å². The number of unbranched alkanes of at least 4 members (excludes halogenated alkanes) is 1. The quantitative estimate of drug-likeness (QED) is 0.127. The summed E-state index contributed by atoms with van der Waals surface area (Å²) >= 11 is 2.02. The fourth-order valence-corrected chi connectivity index (χ4v) is 9.30. The highest BCUT2D eigenvalue weighted by molar-refractivity contribution is 8.15. The van der Waals surface area contributed by atoms with Gasteiger partial charge >= 0.3 is 0 Å². The van der Waals surface area contributed by atoms with E-state index >= 15 is 0 Å². The number of ether oxygens (including phenoxy) is 1. The number of carbonyl (C=O) groups excluding carboxylic acids is 6. The molecule has 300 valence electrons. The Morgan fingerprint density at radius 3 is 1.60 bits per heavy atom. The molecule has 0 spiro atoms. The predicted molar refractivity (Wildman–Crippen MR) is 224 cm³/mol. The number of nitrogens with zero attached hydrogens (tertiary/aromatic N) is 2. The van der Waals surface area contributed by atoms with Gasteiger partial charge in [0.15, 0.2) is 0 Å². The van der Waals surface area contributed by atoms with Crippen molar-refractivity contribution in [2.24, 2.45) is 0 Å². The number of carbonyl (C=O) groups is 6. The molecule has 2 fully saturated rings. The number of thioether (sulfide) groups is 2. The third-order valence-corrected chi connectivity index (χ3v) is 12.5. The van der Waals surface area contributed by atoms with Crippen LogP contribution in [0.3, 0.4) is 0 Å². The van der Waals surface area contributed by atoms with Gasteiger partial charge in [0, 0.05) is 12.8 Å². The Balaban J connectivity index is 0.000000178. The topological polar surface area (TPSA) is 162 Å². The van der Waals surface area contributed by atoms with Gasteiger partial charge < -0.3 is 19.6 Å². The van der Waals surface area contributed by atoms with E-state index in [1.54, 1.807) is 17.0 Å². The maximum absolute atomic E-state index is 13.0. The van der Waals surface area contributed by atoms with E-state index in [0.29, 0.717) is 69.7 Å². The van der Waals surface area contributed by atoms with Crippen LogP contribution in [0.2, 0.25) is 0 Å². The third-order valence-electron chi connectivity index (χ3n) is 10.5. The number of phenolic OH excluding ortho intramolecular Hbond substituents is 1. The lowest BCUT2D eigenvalue weighted by Gasteiger charge is -2.33. The van der Waals surface area contributed by atoms with E-state index in [1.165, 1.54) is 0 Å². The van der Waals surface area contributed by atoms with Crippen molar-refractivity contribution in [1.82, 2.24) is 10.6 Å². The summed E-state index contributed by atoms with van der Waals surface area (Å²) in [5.41, 5.74) is 7.13. The average Bonchev–Trinajstić information content (AvgIpc) is 3.72. The number of hydrogen-bond donors (Lipinski definition) is 3. The lowest BCUT2D eigenvalue weighted by Crippen LogP contribution is -2.36. The summed E-state index contributed by atoms with van der Waals surface area (Å²) in [5, 5.41) is 13.6. The molecule has 0 radical (unpaired) electrons. The first kappa shape index (κ1) is 40.6. The largest absolute Gasteiger partial charge is 0.506 e. The van der Waals surface area contributed by atoms with Crippen LogP contribution in [0.4, 0.5) is 21.0 Å². The third kappa shape index (κ3) is 9.24. The van der Waals surface area contributed by atoms with Crippen molar-refractivity contribution < 1.29 is 38.6 Å². The molecule has 2 saturated heterocycles. The van der Waals surface area contributed by atoms with Crippen molar-refractivity contribution in [3.05, 3.63) is 118 Å². The van der Waals surface area contributed by atoms with E-state index in [4.69, 9.17) is 4.74 Å². The Morgan fingerprint density at radius 2 is 1.12 bits per heavy atom. The molecule has 12 nitrogen and oxygen atoms in total. The molecule has 6 amide bonds. The summed E-state index contributed by atoms with van der Waals surface area (Å²) < 4.78 is 6.09. The molecule has 4 aromatic carbocycles. The van der Waals surface area contributed by atoms with Crippen LogP contribution in [0, 0.1) is 0 Å². The zero-order valence-corrected chi connectivity index (χ0v) is 33.7. The summed E-state index contributed by atoms with van der Waals surface area (Å²) in [6.45, 7) is 3.54. The van der Waals surface area contributed by atoms with Gasteiger partial charge in [-0.25, -0.2) is 0 Å². The van der Waals surface area contributed by atoms with Gasteiger partial charge in [-0.15, -0.1) is 0 Å². The standard InChI is InChI=1S/C24H26N2O4S.C20H18N2O4S/c1-2-3-13-30-19-11-9-17(14-20-23(28)25-24(29)31-20)18-10-12-21(27)26(22(18)19)15-16-7-5-4-6-8-16;23-15-8-6-13(10-16-19(25)21-20(26)27-16)14-7-9-17(24)22(18(14)15)11-12-4-2-1-3-5-12/h4-9,11,20H,2-3,10,12-15H2,1H3,(H,25,28,29);1-6,8,16,23H,7,9-11H2,(H,21,25,26). The van der Waals surface area contributed by atoms with Gasteiger partial charge in [-0.3, -0.25) is 39.4 Å². The molecule has 4 heterocycles. The minimum Gasteiger partial charge on any atom is -0.506 e. The lowest BCUT2D eigenvalue weighted by atomic mass is 9.92. The Labute approximate surface area is 345 Å². The summed E-state index contributed by atoms with van der Waals surface area (Å²) in [6.07, 6.45) is 4.67. The second-order valence-electron chi connectivity index (χ2n) is 14.4. The molecule has 0 bridgehead atoms. The van der Waals surface area contributed by atoms with Crippen LogP contribution < -0.4 is 25.2 Å². The summed E-state index contributed by atoms with van der Waals surface area (Å²) in [4.78, 5) is 76.0. The second-order valence-corrected chi connectivity index (χ2v) is 16.8. The number of amides is 6. The highest BCUT2D eigenvalue weighted by Gasteiger charge is 2.36. The average molecular weight is 821 g/mol. The summed E-state index contributed by atoms with van der Waals surface area (Å²) in [6, 6.07) is 26.7. The van der Waals surface area contributed by atoms with Crippen molar-refractivity contribution in [2.45, 2.75) is 81.9 Å². The number of anilines is 2. The Morgan fingerprint density at radius 1 is 0.638 bits per heavy atom. The van der Waals surface area contributed by atoms with Gasteiger partial charge in [0.05, 0.1) is 41.6 Å². The first-order valence-electron chi connectivity index (χ1n) is 19.4. The molecule has 8 rings (SSSR count).